The maximum absolute atomic E-state index is 12.8. The monoisotopic (exact) mass is 353 g/mol. The fraction of sp³-hybridized carbons (Fsp3) is 0.158. The van der Waals surface area contributed by atoms with Gasteiger partial charge in [0.25, 0.3) is 11.5 Å². The number of fused-ring (bicyclic) bond motifs is 1. The lowest BCUT2D eigenvalue weighted by molar-refractivity contribution is 0.0734. The minimum absolute atomic E-state index is 0.113. The molecule has 0 unspecified atom stereocenters. The number of nitrogens with one attached hydrogen (secondary N) is 1. The van der Waals surface area contributed by atoms with Crippen LogP contribution in [-0.2, 0) is 13.0 Å². The van der Waals surface area contributed by atoms with Crippen LogP contribution in [0.1, 0.15) is 21.6 Å². The molecule has 0 bridgehead atoms. The van der Waals surface area contributed by atoms with E-state index in [1.807, 2.05) is 30.3 Å². The number of aromatic nitrogens is 2. The fourth-order valence-electron chi connectivity index (χ4n) is 3.14. The maximum atomic E-state index is 12.8. The smallest absolute Gasteiger partial charge is 0.276 e. The average molecular weight is 354 g/mol. The summed E-state index contributed by atoms with van der Waals surface area (Å²) in [6.07, 6.45) is 0.612. The third-order valence-electron chi connectivity index (χ3n) is 4.46. The lowest BCUT2D eigenvalue weighted by Crippen LogP contribution is -2.37. The molecular weight excluding hydrogens is 338 g/mol. The van der Waals surface area contributed by atoms with E-state index >= 15 is 0 Å². The third kappa shape index (κ3) is 2.76. The molecule has 0 radical (unpaired) electrons. The summed E-state index contributed by atoms with van der Waals surface area (Å²) in [6.45, 7) is 0.834. The van der Waals surface area contributed by atoms with Crippen molar-refractivity contribution in [2.24, 2.45) is 0 Å². The van der Waals surface area contributed by atoms with Gasteiger partial charge in [0.2, 0.25) is 0 Å². The molecule has 0 atom stereocenters. The van der Waals surface area contributed by atoms with Crippen LogP contribution in [-0.4, -0.2) is 27.1 Å². The normalized spacial score (nSPS) is 13.6. The molecule has 0 fully saturated rings. The SMILES string of the molecule is O=C(c1ccccc1Cl)N1CCc2[nH]n(-c3ccccc3)c(=O)c2C1. The fourth-order valence-corrected chi connectivity index (χ4v) is 3.36. The number of carbonyl (C=O) groups excluding carboxylic acids is 1. The van der Waals surface area contributed by atoms with Crippen LogP contribution in [0.5, 0.6) is 0 Å². The van der Waals surface area contributed by atoms with Crippen molar-refractivity contribution in [3.63, 3.8) is 0 Å². The molecule has 0 saturated heterocycles. The first-order chi connectivity index (χ1) is 12.1. The Morgan fingerprint density at radius 1 is 1.04 bits per heavy atom. The Morgan fingerprint density at radius 2 is 1.76 bits per heavy atom. The quantitative estimate of drug-likeness (QED) is 0.770. The van der Waals surface area contributed by atoms with Crippen molar-refractivity contribution < 1.29 is 4.79 Å². The van der Waals surface area contributed by atoms with Gasteiger partial charge in [-0.3, -0.25) is 14.7 Å². The molecule has 0 spiro atoms. The standard InChI is InChI=1S/C19H16ClN3O2/c20-16-9-5-4-8-14(16)18(24)22-11-10-17-15(12-22)19(25)23(21-17)13-6-2-1-3-7-13/h1-9,21H,10-12H2. The Labute approximate surface area is 149 Å². The Kier molecular flexibility index (Phi) is 3.93. The summed E-state index contributed by atoms with van der Waals surface area (Å²) >= 11 is 6.13. The number of halogens is 1. The van der Waals surface area contributed by atoms with Gasteiger partial charge in [-0.25, -0.2) is 4.68 Å². The molecule has 0 aliphatic carbocycles. The molecule has 1 aliphatic heterocycles. The number of para-hydroxylation sites is 1. The summed E-state index contributed by atoms with van der Waals surface area (Å²) in [5.74, 6) is -0.150. The van der Waals surface area contributed by atoms with Gasteiger partial charge in [0.1, 0.15) is 0 Å². The van der Waals surface area contributed by atoms with Crippen LogP contribution in [0, 0.1) is 0 Å². The van der Waals surface area contributed by atoms with Crippen LogP contribution in [0.25, 0.3) is 5.69 Å². The molecule has 6 heteroatoms. The molecule has 4 rings (SSSR count). The topological polar surface area (TPSA) is 58.1 Å². The van der Waals surface area contributed by atoms with Crippen molar-refractivity contribution >= 4 is 17.5 Å². The molecule has 1 N–H and O–H groups in total. The zero-order valence-corrected chi connectivity index (χ0v) is 14.2. The number of hydrogen-bond acceptors (Lipinski definition) is 2. The van der Waals surface area contributed by atoms with Gasteiger partial charge in [-0.2, -0.15) is 0 Å². The van der Waals surface area contributed by atoms with Gasteiger partial charge >= 0.3 is 0 Å². The maximum Gasteiger partial charge on any atom is 0.276 e. The van der Waals surface area contributed by atoms with Crippen LogP contribution in [0.4, 0.5) is 0 Å². The van der Waals surface area contributed by atoms with Crippen molar-refractivity contribution in [3.8, 4) is 5.69 Å². The number of rotatable bonds is 2. The highest BCUT2D eigenvalue weighted by atomic mass is 35.5. The van der Waals surface area contributed by atoms with E-state index in [0.717, 1.165) is 11.4 Å². The first-order valence-electron chi connectivity index (χ1n) is 8.07. The van der Waals surface area contributed by atoms with E-state index in [0.29, 0.717) is 29.1 Å². The van der Waals surface area contributed by atoms with Crippen molar-refractivity contribution in [1.29, 1.82) is 0 Å². The molecule has 25 heavy (non-hydrogen) atoms. The zero-order chi connectivity index (χ0) is 17.4. The molecule has 126 valence electrons. The van der Waals surface area contributed by atoms with E-state index in [4.69, 9.17) is 11.6 Å². The van der Waals surface area contributed by atoms with Gasteiger partial charge in [0.15, 0.2) is 0 Å². The molecule has 2 aromatic carbocycles. The van der Waals surface area contributed by atoms with Gasteiger partial charge in [-0.1, -0.05) is 41.9 Å². The predicted molar refractivity (Wildman–Crippen MR) is 96.3 cm³/mol. The molecule has 2 heterocycles. The number of H-pyrrole nitrogens is 1. The zero-order valence-electron chi connectivity index (χ0n) is 13.4. The number of hydrogen-bond donors (Lipinski definition) is 1. The van der Waals surface area contributed by atoms with Crippen LogP contribution in [0.3, 0.4) is 0 Å². The molecule has 5 nitrogen and oxygen atoms in total. The summed E-state index contributed by atoms with van der Waals surface area (Å²) in [5, 5.41) is 3.59. The second-order valence-electron chi connectivity index (χ2n) is 6.00. The van der Waals surface area contributed by atoms with Crippen LogP contribution in [0.15, 0.2) is 59.4 Å². The van der Waals surface area contributed by atoms with Crippen LogP contribution >= 0.6 is 11.6 Å². The third-order valence-corrected chi connectivity index (χ3v) is 4.79. The summed E-state index contributed by atoms with van der Waals surface area (Å²) in [6, 6.07) is 16.4. The largest absolute Gasteiger partial charge is 0.334 e. The minimum atomic E-state index is -0.150. The van der Waals surface area contributed by atoms with E-state index in [9.17, 15) is 9.59 Å². The highest BCUT2D eigenvalue weighted by Gasteiger charge is 2.27. The molecular formula is C19H16ClN3O2. The number of nitrogens with zero attached hydrogens (tertiary/aromatic N) is 2. The number of aromatic amines is 1. The van der Waals surface area contributed by atoms with Crippen molar-refractivity contribution in [1.82, 2.24) is 14.7 Å². The number of amides is 1. The Bertz CT molecular complexity index is 991. The minimum Gasteiger partial charge on any atom is -0.334 e. The van der Waals surface area contributed by atoms with E-state index in [2.05, 4.69) is 5.10 Å². The van der Waals surface area contributed by atoms with E-state index in [-0.39, 0.29) is 18.0 Å². The Hall–Kier alpha value is -2.79. The summed E-state index contributed by atoms with van der Waals surface area (Å²) in [7, 11) is 0. The van der Waals surface area contributed by atoms with Gasteiger partial charge in [-0.15, -0.1) is 0 Å². The van der Waals surface area contributed by atoms with E-state index in [1.54, 1.807) is 29.2 Å². The lowest BCUT2D eigenvalue weighted by Gasteiger charge is -2.26. The van der Waals surface area contributed by atoms with Gasteiger partial charge in [0, 0.05) is 18.7 Å². The molecule has 1 amide bonds. The second kappa shape index (κ2) is 6.26. The Balaban J connectivity index is 1.66. The van der Waals surface area contributed by atoms with Crippen molar-refractivity contribution in [2.45, 2.75) is 13.0 Å². The van der Waals surface area contributed by atoms with E-state index in [1.165, 1.54) is 4.68 Å². The first kappa shape index (κ1) is 15.7. The van der Waals surface area contributed by atoms with Gasteiger partial charge in [-0.05, 0) is 24.3 Å². The summed E-state index contributed by atoms with van der Waals surface area (Å²) in [4.78, 5) is 27.2. The van der Waals surface area contributed by atoms with Crippen molar-refractivity contribution in [2.75, 3.05) is 6.54 Å². The molecule has 1 aliphatic rings. The molecule has 0 saturated carbocycles. The second-order valence-corrected chi connectivity index (χ2v) is 6.41. The van der Waals surface area contributed by atoms with Gasteiger partial charge in [0.05, 0.1) is 28.4 Å². The molecule has 3 aromatic rings. The number of carbonyl (C=O) groups is 1. The van der Waals surface area contributed by atoms with Gasteiger partial charge < -0.3 is 4.90 Å². The lowest BCUT2D eigenvalue weighted by atomic mass is 10.1. The van der Waals surface area contributed by atoms with Crippen LogP contribution in [0.2, 0.25) is 5.02 Å². The average Bonchev–Trinajstić information content (AvgIpc) is 2.98. The van der Waals surface area contributed by atoms with Crippen LogP contribution < -0.4 is 5.56 Å². The summed E-state index contributed by atoms with van der Waals surface area (Å²) in [5.41, 5.74) is 2.66. The predicted octanol–water partition coefficient (Wildman–Crippen LogP) is 3.02. The van der Waals surface area contributed by atoms with Crippen molar-refractivity contribution in [3.05, 3.63) is 86.8 Å². The molecule has 1 aromatic heterocycles. The Morgan fingerprint density at radius 3 is 2.52 bits per heavy atom. The highest BCUT2D eigenvalue weighted by Crippen LogP contribution is 2.21. The summed E-state index contributed by atoms with van der Waals surface area (Å²) < 4.78 is 1.54. The first-order valence-corrected chi connectivity index (χ1v) is 8.45. The highest BCUT2D eigenvalue weighted by molar-refractivity contribution is 6.33. The number of benzene rings is 2. The van der Waals surface area contributed by atoms with E-state index < -0.39 is 0 Å².